The minimum absolute atomic E-state index is 0.0388. The number of dihydropyridines is 1. The van der Waals surface area contributed by atoms with Crippen molar-refractivity contribution in [1.29, 1.82) is 0 Å². The van der Waals surface area contributed by atoms with E-state index in [1.165, 1.54) is 0 Å². The van der Waals surface area contributed by atoms with E-state index in [4.69, 9.17) is 14.2 Å². The molecular weight excluding hydrogens is 530 g/mol. The fraction of sp³-hybridized carbons (Fsp3) is 0.324. The normalized spacial score (nSPS) is 17.8. The maximum Gasteiger partial charge on any atom is 0.255 e. The monoisotopic (exact) mass is 567 g/mol. The van der Waals surface area contributed by atoms with Crippen LogP contribution in [0.15, 0.2) is 83.3 Å². The minimum Gasteiger partial charge on any atom is -0.497 e. The first-order valence-electron chi connectivity index (χ1n) is 14.0. The van der Waals surface area contributed by atoms with Gasteiger partial charge in [-0.2, -0.15) is 0 Å². The van der Waals surface area contributed by atoms with Gasteiger partial charge in [-0.25, -0.2) is 4.98 Å². The lowest BCUT2D eigenvalue weighted by Crippen LogP contribution is -2.39. The third-order valence-electron chi connectivity index (χ3n) is 7.73. The summed E-state index contributed by atoms with van der Waals surface area (Å²) in [5, 5.41) is 6.37. The third-order valence-corrected chi connectivity index (χ3v) is 7.73. The number of pyridine rings is 1. The first-order chi connectivity index (χ1) is 20.1. The highest BCUT2D eigenvalue weighted by molar-refractivity contribution is 6.09. The number of Topliss-reactive ketones (excluding diaryl/α,β-unsaturated/α-hetero) is 1. The van der Waals surface area contributed by atoms with Gasteiger partial charge >= 0.3 is 0 Å². The molecule has 2 N–H and O–H groups in total. The number of ketones is 1. The Morgan fingerprint density at radius 3 is 2.40 bits per heavy atom. The average molecular weight is 568 g/mol. The molecule has 5 rings (SSSR count). The van der Waals surface area contributed by atoms with Gasteiger partial charge in [0, 0.05) is 46.6 Å². The molecule has 1 aliphatic carbocycles. The van der Waals surface area contributed by atoms with E-state index >= 15 is 0 Å². The second-order valence-corrected chi connectivity index (χ2v) is 11.6. The zero-order chi connectivity index (χ0) is 30.0. The smallest absolute Gasteiger partial charge is 0.255 e. The van der Waals surface area contributed by atoms with Crippen LogP contribution < -0.4 is 24.8 Å². The fourth-order valence-corrected chi connectivity index (χ4v) is 5.72. The van der Waals surface area contributed by atoms with Gasteiger partial charge in [0.2, 0.25) is 0 Å². The quantitative estimate of drug-likeness (QED) is 0.333. The standard InChI is InChI=1S/C34H37N3O5/c1-20-7-14-29(35-18-20)37-33(39)30-21(2)36-26-16-34(3,4)17-27(38)32(26)31(30)22-8-13-28(41-6)23(15-22)19-42-25-11-9-24(40-5)10-12-25/h7-15,18,31,36H,16-17,19H2,1-6H3,(H,35,37,39)/t31-/m1/s1. The van der Waals surface area contributed by atoms with Crippen molar-refractivity contribution >= 4 is 17.5 Å². The molecule has 1 aromatic heterocycles. The van der Waals surface area contributed by atoms with Crippen LogP contribution in [0.5, 0.6) is 17.2 Å². The lowest BCUT2D eigenvalue weighted by Gasteiger charge is -2.39. The number of carbonyl (C=O) groups is 2. The van der Waals surface area contributed by atoms with Gasteiger partial charge in [0.1, 0.15) is 29.7 Å². The summed E-state index contributed by atoms with van der Waals surface area (Å²) in [6.45, 7) is 8.25. The molecule has 0 fully saturated rings. The van der Waals surface area contributed by atoms with Gasteiger partial charge in [0.15, 0.2) is 5.78 Å². The van der Waals surface area contributed by atoms with Crippen molar-refractivity contribution in [2.75, 3.05) is 19.5 Å². The number of carbonyl (C=O) groups excluding carboxylic acids is 2. The van der Waals surface area contributed by atoms with Crippen LogP contribution in [0.4, 0.5) is 5.82 Å². The van der Waals surface area contributed by atoms with Gasteiger partial charge in [-0.1, -0.05) is 26.0 Å². The Morgan fingerprint density at radius 2 is 1.74 bits per heavy atom. The summed E-state index contributed by atoms with van der Waals surface area (Å²) in [6, 6.07) is 16.8. The molecule has 0 unspecified atom stereocenters. The summed E-state index contributed by atoms with van der Waals surface area (Å²) in [6.07, 6.45) is 2.82. The number of amides is 1. The van der Waals surface area contributed by atoms with E-state index in [9.17, 15) is 9.59 Å². The van der Waals surface area contributed by atoms with Crippen LogP contribution in [0.3, 0.4) is 0 Å². The summed E-state index contributed by atoms with van der Waals surface area (Å²) in [5.41, 5.74) is 5.12. The zero-order valence-electron chi connectivity index (χ0n) is 25.0. The van der Waals surface area contributed by atoms with Gasteiger partial charge < -0.3 is 24.8 Å². The molecule has 1 atom stereocenters. The van der Waals surface area contributed by atoms with Crippen LogP contribution >= 0.6 is 0 Å². The second kappa shape index (κ2) is 11.7. The largest absolute Gasteiger partial charge is 0.497 e. The minimum atomic E-state index is -0.569. The molecule has 2 heterocycles. The van der Waals surface area contributed by atoms with Gasteiger partial charge in [-0.15, -0.1) is 0 Å². The van der Waals surface area contributed by atoms with Crippen molar-refractivity contribution in [3.05, 3.63) is 100 Å². The first kappa shape index (κ1) is 28.9. The molecule has 2 aromatic carbocycles. The lowest BCUT2D eigenvalue weighted by atomic mass is 9.68. The number of nitrogens with one attached hydrogen (secondary N) is 2. The van der Waals surface area contributed by atoms with Crippen LogP contribution in [0, 0.1) is 12.3 Å². The summed E-state index contributed by atoms with van der Waals surface area (Å²) < 4.78 is 17.0. The Bertz CT molecular complexity index is 1570. The van der Waals surface area contributed by atoms with Crippen molar-refractivity contribution in [3.63, 3.8) is 0 Å². The Morgan fingerprint density at radius 1 is 1.00 bits per heavy atom. The predicted octanol–water partition coefficient (Wildman–Crippen LogP) is 6.23. The molecule has 3 aromatic rings. The van der Waals surface area contributed by atoms with Crippen LogP contribution in [0.25, 0.3) is 0 Å². The first-order valence-corrected chi connectivity index (χ1v) is 14.0. The van der Waals surface area contributed by atoms with Crippen LogP contribution in [-0.4, -0.2) is 30.9 Å². The van der Waals surface area contributed by atoms with E-state index in [0.29, 0.717) is 47.0 Å². The number of aryl methyl sites for hydroxylation is 1. The summed E-state index contributed by atoms with van der Waals surface area (Å²) in [7, 11) is 3.23. The van der Waals surface area contributed by atoms with Gasteiger partial charge in [0.25, 0.3) is 5.91 Å². The zero-order valence-corrected chi connectivity index (χ0v) is 25.0. The molecule has 8 heteroatoms. The van der Waals surface area contributed by atoms with E-state index < -0.39 is 5.92 Å². The Kier molecular flexibility index (Phi) is 8.07. The number of benzene rings is 2. The van der Waals surface area contributed by atoms with Gasteiger partial charge in [-0.05, 0) is 79.3 Å². The van der Waals surface area contributed by atoms with E-state index in [-0.39, 0.29) is 23.7 Å². The molecule has 1 amide bonds. The van der Waals surface area contributed by atoms with Crippen molar-refractivity contribution in [2.24, 2.45) is 5.41 Å². The highest BCUT2D eigenvalue weighted by atomic mass is 16.5. The number of methoxy groups -OCH3 is 2. The van der Waals surface area contributed by atoms with Crippen molar-refractivity contribution in [2.45, 2.75) is 53.1 Å². The van der Waals surface area contributed by atoms with E-state index in [1.54, 1.807) is 26.5 Å². The highest BCUT2D eigenvalue weighted by Crippen LogP contribution is 2.47. The molecule has 1 aliphatic heterocycles. The van der Waals surface area contributed by atoms with E-state index in [2.05, 4.69) is 29.5 Å². The van der Waals surface area contributed by atoms with Crippen molar-refractivity contribution in [1.82, 2.24) is 10.3 Å². The number of ether oxygens (including phenoxy) is 3. The Balaban J connectivity index is 1.55. The number of nitrogens with zero attached hydrogens (tertiary/aromatic N) is 1. The number of allylic oxidation sites excluding steroid dienone is 3. The molecule has 0 saturated heterocycles. The number of aromatic nitrogens is 1. The molecule has 0 saturated carbocycles. The lowest BCUT2D eigenvalue weighted by molar-refractivity contribution is -0.118. The molecule has 8 nitrogen and oxygen atoms in total. The van der Waals surface area contributed by atoms with Gasteiger partial charge in [0.05, 0.1) is 14.2 Å². The highest BCUT2D eigenvalue weighted by Gasteiger charge is 2.43. The summed E-state index contributed by atoms with van der Waals surface area (Å²) >= 11 is 0. The SMILES string of the molecule is COc1ccc(OCc2cc([C@@H]3C(C(=O)Nc4ccc(C)cn4)=C(C)NC4=C3C(=O)CC(C)(C)C4)ccc2OC)cc1. The molecular formula is C34H37N3O5. The second-order valence-electron chi connectivity index (χ2n) is 11.6. The predicted molar refractivity (Wildman–Crippen MR) is 162 cm³/mol. The summed E-state index contributed by atoms with van der Waals surface area (Å²) in [4.78, 5) is 32.0. The van der Waals surface area contributed by atoms with Crippen LogP contribution in [0.1, 0.15) is 56.2 Å². The van der Waals surface area contributed by atoms with E-state index in [1.807, 2.05) is 62.4 Å². The van der Waals surface area contributed by atoms with Crippen LogP contribution in [-0.2, 0) is 16.2 Å². The third kappa shape index (κ3) is 6.03. The Hall–Kier alpha value is -4.59. The number of hydrogen-bond donors (Lipinski definition) is 2. The fourth-order valence-electron chi connectivity index (χ4n) is 5.72. The van der Waals surface area contributed by atoms with Crippen LogP contribution in [0.2, 0.25) is 0 Å². The number of anilines is 1. The number of hydrogen-bond acceptors (Lipinski definition) is 7. The maximum absolute atomic E-state index is 13.9. The summed E-state index contributed by atoms with van der Waals surface area (Å²) in [5.74, 6) is 1.69. The number of rotatable bonds is 8. The van der Waals surface area contributed by atoms with Crippen molar-refractivity contribution < 1.29 is 23.8 Å². The topological polar surface area (TPSA) is 98.8 Å². The molecule has 0 spiro atoms. The average Bonchev–Trinajstić information content (AvgIpc) is 2.96. The molecule has 2 aliphatic rings. The molecule has 0 radical (unpaired) electrons. The Labute approximate surface area is 246 Å². The van der Waals surface area contributed by atoms with E-state index in [0.717, 1.165) is 28.1 Å². The molecule has 42 heavy (non-hydrogen) atoms. The van der Waals surface area contributed by atoms with Gasteiger partial charge in [-0.3, -0.25) is 9.59 Å². The molecule has 218 valence electrons. The van der Waals surface area contributed by atoms with Crippen molar-refractivity contribution in [3.8, 4) is 17.2 Å². The molecule has 0 bridgehead atoms. The maximum atomic E-state index is 13.9.